The van der Waals surface area contributed by atoms with E-state index in [4.69, 9.17) is 0 Å². The summed E-state index contributed by atoms with van der Waals surface area (Å²) in [6.07, 6.45) is 0. The van der Waals surface area contributed by atoms with Crippen LogP contribution in [0.1, 0.15) is 5.56 Å². The Hall–Kier alpha value is -3.26. The van der Waals surface area contributed by atoms with Crippen molar-refractivity contribution < 1.29 is 22.0 Å². The second kappa shape index (κ2) is 8.83. The van der Waals surface area contributed by atoms with Crippen LogP contribution in [-0.4, -0.2) is 20.9 Å². The number of carbonyl (C=O) groups excluding carboxylic acids is 1. The third kappa shape index (κ3) is 5.17. The summed E-state index contributed by atoms with van der Waals surface area (Å²) in [4.78, 5) is 12.5. The summed E-state index contributed by atoms with van der Waals surface area (Å²) in [7, 11) is -4.05. The number of nitrogens with zero attached hydrogens (tertiary/aromatic N) is 1. The number of nitrogens with one attached hydrogen (secondary N) is 1. The van der Waals surface area contributed by atoms with E-state index in [1.165, 1.54) is 48.5 Å². The topological polar surface area (TPSA) is 66.5 Å². The van der Waals surface area contributed by atoms with Crippen molar-refractivity contribution in [3.05, 3.63) is 96.1 Å². The van der Waals surface area contributed by atoms with E-state index in [-0.39, 0.29) is 17.1 Å². The van der Waals surface area contributed by atoms with Crippen molar-refractivity contribution in [1.82, 2.24) is 5.32 Å². The molecule has 0 aliphatic heterocycles. The molecule has 0 aliphatic carbocycles. The molecule has 0 bridgehead atoms. The molecule has 0 saturated heterocycles. The molecule has 3 aromatic carbocycles. The van der Waals surface area contributed by atoms with Gasteiger partial charge in [0, 0.05) is 6.54 Å². The lowest BCUT2D eigenvalue weighted by Gasteiger charge is -2.24. The molecule has 0 aliphatic rings. The lowest BCUT2D eigenvalue weighted by Crippen LogP contribution is -2.40. The molecule has 1 amide bonds. The Morgan fingerprint density at radius 2 is 1.38 bits per heavy atom. The van der Waals surface area contributed by atoms with Crippen LogP contribution >= 0.6 is 0 Å². The molecule has 1 N–H and O–H groups in total. The quantitative estimate of drug-likeness (QED) is 0.641. The van der Waals surface area contributed by atoms with E-state index < -0.39 is 34.1 Å². The van der Waals surface area contributed by atoms with Crippen LogP contribution in [0.4, 0.5) is 14.5 Å². The second-order valence-electron chi connectivity index (χ2n) is 6.20. The van der Waals surface area contributed by atoms with E-state index >= 15 is 0 Å². The minimum absolute atomic E-state index is 0.00987. The number of halogens is 2. The first-order valence-corrected chi connectivity index (χ1v) is 10.1. The summed E-state index contributed by atoms with van der Waals surface area (Å²) in [5.41, 5.74) is 0.825. The fourth-order valence-electron chi connectivity index (χ4n) is 2.63. The predicted molar refractivity (Wildman–Crippen MR) is 106 cm³/mol. The van der Waals surface area contributed by atoms with Gasteiger partial charge in [-0.3, -0.25) is 9.10 Å². The van der Waals surface area contributed by atoms with Crippen molar-refractivity contribution in [3.8, 4) is 0 Å². The van der Waals surface area contributed by atoms with Gasteiger partial charge in [-0.1, -0.05) is 30.3 Å². The molecule has 5 nitrogen and oxygen atoms in total. The normalized spacial score (nSPS) is 11.1. The van der Waals surface area contributed by atoms with Gasteiger partial charge in [0.25, 0.3) is 10.0 Å². The molecule has 0 radical (unpaired) electrons. The van der Waals surface area contributed by atoms with E-state index in [0.29, 0.717) is 5.56 Å². The van der Waals surface area contributed by atoms with E-state index in [2.05, 4.69) is 5.32 Å². The number of benzene rings is 3. The van der Waals surface area contributed by atoms with Crippen molar-refractivity contribution in [2.45, 2.75) is 11.4 Å². The maximum absolute atomic E-state index is 13.3. The standard InChI is InChI=1S/C21H18F2N2O3S/c22-17-8-6-16(7-9-17)14-24-21(26)15-25(19-12-10-18(23)11-13-19)29(27,28)20-4-2-1-3-5-20/h1-13H,14-15H2,(H,24,26). The Labute approximate surface area is 167 Å². The highest BCUT2D eigenvalue weighted by molar-refractivity contribution is 7.92. The number of sulfonamides is 1. The highest BCUT2D eigenvalue weighted by Crippen LogP contribution is 2.23. The van der Waals surface area contributed by atoms with Gasteiger partial charge in [-0.05, 0) is 54.1 Å². The Morgan fingerprint density at radius 3 is 1.97 bits per heavy atom. The molecule has 8 heteroatoms. The molecule has 0 unspecified atom stereocenters. The lowest BCUT2D eigenvalue weighted by molar-refractivity contribution is -0.119. The molecule has 0 fully saturated rings. The van der Waals surface area contributed by atoms with E-state index in [1.54, 1.807) is 18.2 Å². The summed E-state index contributed by atoms with van der Waals surface area (Å²) in [5, 5.41) is 2.61. The fraction of sp³-hybridized carbons (Fsp3) is 0.0952. The maximum Gasteiger partial charge on any atom is 0.264 e. The number of amides is 1. The van der Waals surface area contributed by atoms with Gasteiger partial charge in [0.1, 0.15) is 18.2 Å². The summed E-state index contributed by atoms with van der Waals surface area (Å²) in [5.74, 6) is -1.47. The first-order chi connectivity index (χ1) is 13.9. The first kappa shape index (κ1) is 20.5. The highest BCUT2D eigenvalue weighted by atomic mass is 32.2. The predicted octanol–water partition coefficient (Wildman–Crippen LogP) is 3.48. The van der Waals surface area contributed by atoms with Crippen LogP contribution in [0.2, 0.25) is 0 Å². The number of rotatable bonds is 7. The van der Waals surface area contributed by atoms with Gasteiger partial charge in [-0.25, -0.2) is 17.2 Å². The molecule has 0 aromatic heterocycles. The number of anilines is 1. The summed E-state index contributed by atoms with van der Waals surface area (Å²) >= 11 is 0. The molecule has 3 aromatic rings. The summed E-state index contributed by atoms with van der Waals surface area (Å²) in [6.45, 7) is -0.383. The van der Waals surface area contributed by atoms with Crippen molar-refractivity contribution in [3.63, 3.8) is 0 Å². The molecule has 3 rings (SSSR count). The van der Waals surface area contributed by atoms with Crippen LogP contribution in [0.15, 0.2) is 83.8 Å². The number of hydrogen-bond acceptors (Lipinski definition) is 3. The monoisotopic (exact) mass is 416 g/mol. The van der Waals surface area contributed by atoms with E-state index in [9.17, 15) is 22.0 Å². The highest BCUT2D eigenvalue weighted by Gasteiger charge is 2.27. The molecule has 0 spiro atoms. The molecular formula is C21H18F2N2O3S. The smallest absolute Gasteiger partial charge is 0.264 e. The van der Waals surface area contributed by atoms with Gasteiger partial charge >= 0.3 is 0 Å². The molecule has 0 saturated carbocycles. The Morgan fingerprint density at radius 1 is 0.828 bits per heavy atom. The minimum atomic E-state index is -4.05. The summed E-state index contributed by atoms with van der Waals surface area (Å²) in [6, 6.07) is 18.1. The van der Waals surface area contributed by atoms with Gasteiger partial charge in [0.05, 0.1) is 10.6 Å². The second-order valence-corrected chi connectivity index (χ2v) is 8.07. The van der Waals surface area contributed by atoms with Crippen LogP contribution < -0.4 is 9.62 Å². The van der Waals surface area contributed by atoms with Crippen LogP contribution in [0, 0.1) is 11.6 Å². The number of hydrogen-bond donors (Lipinski definition) is 1. The van der Waals surface area contributed by atoms with Crippen molar-refractivity contribution in [1.29, 1.82) is 0 Å². The summed E-state index contributed by atoms with van der Waals surface area (Å²) < 4.78 is 53.3. The third-order valence-corrected chi connectivity index (χ3v) is 5.92. The third-order valence-electron chi connectivity index (χ3n) is 4.14. The molecule has 0 heterocycles. The lowest BCUT2D eigenvalue weighted by atomic mass is 10.2. The van der Waals surface area contributed by atoms with E-state index in [0.717, 1.165) is 16.4 Å². The zero-order valence-electron chi connectivity index (χ0n) is 15.3. The number of carbonyl (C=O) groups is 1. The fourth-order valence-corrected chi connectivity index (χ4v) is 4.07. The first-order valence-electron chi connectivity index (χ1n) is 8.71. The largest absolute Gasteiger partial charge is 0.350 e. The molecule has 150 valence electrons. The van der Waals surface area contributed by atoms with Gasteiger partial charge in [-0.15, -0.1) is 0 Å². The Kier molecular flexibility index (Phi) is 6.23. The van der Waals surface area contributed by atoms with Gasteiger partial charge < -0.3 is 5.32 Å². The van der Waals surface area contributed by atoms with Gasteiger partial charge in [-0.2, -0.15) is 0 Å². The molecule has 0 atom stereocenters. The zero-order chi connectivity index (χ0) is 20.9. The van der Waals surface area contributed by atoms with Crippen molar-refractivity contribution in [2.75, 3.05) is 10.8 Å². The van der Waals surface area contributed by atoms with Crippen molar-refractivity contribution in [2.24, 2.45) is 0 Å². The van der Waals surface area contributed by atoms with Crippen LogP contribution in [0.3, 0.4) is 0 Å². The van der Waals surface area contributed by atoms with Gasteiger partial charge in [0.2, 0.25) is 5.91 Å². The van der Waals surface area contributed by atoms with Gasteiger partial charge in [0.15, 0.2) is 0 Å². The van der Waals surface area contributed by atoms with Crippen LogP contribution in [0.5, 0.6) is 0 Å². The van der Waals surface area contributed by atoms with Crippen LogP contribution in [0.25, 0.3) is 0 Å². The molecular weight excluding hydrogens is 398 g/mol. The van der Waals surface area contributed by atoms with E-state index in [1.807, 2.05) is 0 Å². The molecule has 29 heavy (non-hydrogen) atoms. The Bertz CT molecular complexity index is 1070. The average molecular weight is 416 g/mol. The maximum atomic E-state index is 13.3. The minimum Gasteiger partial charge on any atom is -0.350 e. The van der Waals surface area contributed by atoms with Crippen molar-refractivity contribution >= 4 is 21.6 Å². The zero-order valence-corrected chi connectivity index (χ0v) is 16.1. The SMILES string of the molecule is O=C(CN(c1ccc(F)cc1)S(=O)(=O)c1ccccc1)NCc1ccc(F)cc1. The Balaban J connectivity index is 1.82. The average Bonchev–Trinajstić information content (AvgIpc) is 2.73. The van der Waals surface area contributed by atoms with Crippen LogP contribution in [-0.2, 0) is 21.4 Å².